The summed E-state index contributed by atoms with van der Waals surface area (Å²) in [5, 5.41) is 4.60. The van der Waals surface area contributed by atoms with Crippen molar-refractivity contribution in [3.8, 4) is 0 Å². The lowest BCUT2D eigenvalue weighted by Gasteiger charge is -2.10. The van der Waals surface area contributed by atoms with Gasteiger partial charge in [-0.15, -0.1) is 0 Å². The van der Waals surface area contributed by atoms with Crippen molar-refractivity contribution in [1.82, 2.24) is 4.57 Å². The number of fused-ring (bicyclic) bond motifs is 1. The molecule has 0 saturated carbocycles. The maximum Gasteiger partial charge on any atom is 0.264 e. The standard InChI is InChI=1S/C16H13ClN2O/c1-18-14-7-6-12(17)10-13(14)16(20)19-9-8-11-4-2-3-5-15(11)19/h2-10,18H,1H3. The van der Waals surface area contributed by atoms with E-state index in [0.717, 1.165) is 16.6 Å². The number of rotatable bonds is 2. The van der Waals surface area contributed by atoms with E-state index in [2.05, 4.69) is 5.32 Å². The normalized spacial score (nSPS) is 10.7. The molecule has 1 heterocycles. The molecule has 0 aliphatic heterocycles. The van der Waals surface area contributed by atoms with E-state index in [-0.39, 0.29) is 5.91 Å². The van der Waals surface area contributed by atoms with Crippen LogP contribution in [0.3, 0.4) is 0 Å². The maximum absolute atomic E-state index is 12.7. The highest BCUT2D eigenvalue weighted by Gasteiger charge is 2.15. The fraction of sp³-hybridized carbons (Fsp3) is 0.0625. The number of carbonyl (C=O) groups excluding carboxylic acids is 1. The number of hydrogen-bond acceptors (Lipinski definition) is 2. The zero-order valence-electron chi connectivity index (χ0n) is 10.9. The predicted molar refractivity (Wildman–Crippen MR) is 82.7 cm³/mol. The molecule has 3 rings (SSSR count). The Morgan fingerprint density at radius 3 is 2.75 bits per heavy atom. The number of carbonyl (C=O) groups is 1. The van der Waals surface area contributed by atoms with Gasteiger partial charge in [0, 0.05) is 29.3 Å². The summed E-state index contributed by atoms with van der Waals surface area (Å²) in [5.41, 5.74) is 2.21. The molecule has 0 radical (unpaired) electrons. The lowest BCUT2D eigenvalue weighted by atomic mass is 10.1. The third-order valence-electron chi connectivity index (χ3n) is 3.30. The second-order valence-corrected chi connectivity index (χ2v) is 4.93. The fourth-order valence-electron chi connectivity index (χ4n) is 2.30. The van der Waals surface area contributed by atoms with Crippen molar-refractivity contribution in [1.29, 1.82) is 0 Å². The largest absolute Gasteiger partial charge is 0.387 e. The van der Waals surface area contributed by atoms with Crippen LogP contribution in [-0.4, -0.2) is 17.5 Å². The predicted octanol–water partition coefficient (Wildman–Crippen LogP) is 4.02. The Morgan fingerprint density at radius 1 is 1.15 bits per heavy atom. The molecule has 1 N–H and O–H groups in total. The van der Waals surface area contributed by atoms with Crippen molar-refractivity contribution >= 4 is 34.1 Å². The van der Waals surface area contributed by atoms with E-state index in [4.69, 9.17) is 11.6 Å². The summed E-state index contributed by atoms with van der Waals surface area (Å²) in [6, 6.07) is 15.0. The minimum atomic E-state index is -0.0990. The molecule has 0 saturated heterocycles. The highest BCUT2D eigenvalue weighted by Crippen LogP contribution is 2.23. The van der Waals surface area contributed by atoms with Crippen molar-refractivity contribution in [3.05, 3.63) is 65.3 Å². The first-order valence-electron chi connectivity index (χ1n) is 6.29. The number of anilines is 1. The lowest BCUT2D eigenvalue weighted by molar-refractivity contribution is 0.0966. The molecule has 3 aromatic rings. The number of para-hydroxylation sites is 1. The van der Waals surface area contributed by atoms with Crippen molar-refractivity contribution in [3.63, 3.8) is 0 Å². The molecule has 20 heavy (non-hydrogen) atoms. The van der Waals surface area contributed by atoms with Gasteiger partial charge in [0.2, 0.25) is 0 Å². The molecule has 0 fully saturated rings. The number of nitrogens with zero attached hydrogens (tertiary/aromatic N) is 1. The van der Waals surface area contributed by atoms with Crippen LogP contribution < -0.4 is 5.32 Å². The summed E-state index contributed by atoms with van der Waals surface area (Å²) in [7, 11) is 1.79. The van der Waals surface area contributed by atoms with Crippen LogP contribution in [0.15, 0.2) is 54.7 Å². The van der Waals surface area contributed by atoms with E-state index in [1.165, 1.54) is 0 Å². The average molecular weight is 285 g/mol. The van der Waals surface area contributed by atoms with Crippen LogP contribution in [0.25, 0.3) is 10.9 Å². The van der Waals surface area contributed by atoms with Crippen LogP contribution in [-0.2, 0) is 0 Å². The summed E-state index contributed by atoms with van der Waals surface area (Å²) < 4.78 is 1.64. The number of aromatic nitrogens is 1. The first-order chi connectivity index (χ1) is 9.70. The van der Waals surface area contributed by atoms with Crippen LogP contribution in [0.2, 0.25) is 5.02 Å². The van der Waals surface area contributed by atoms with Crippen LogP contribution in [0.1, 0.15) is 10.4 Å². The second-order valence-electron chi connectivity index (χ2n) is 4.49. The Bertz CT molecular complexity index is 792. The summed E-state index contributed by atoms with van der Waals surface area (Å²) in [4.78, 5) is 12.7. The van der Waals surface area contributed by atoms with E-state index in [1.54, 1.807) is 36.0 Å². The molecule has 0 bridgehead atoms. The molecule has 0 aliphatic rings. The van der Waals surface area contributed by atoms with E-state index in [0.29, 0.717) is 10.6 Å². The van der Waals surface area contributed by atoms with E-state index in [9.17, 15) is 4.79 Å². The Balaban J connectivity index is 2.15. The smallest absolute Gasteiger partial charge is 0.264 e. The summed E-state index contributed by atoms with van der Waals surface area (Å²) in [6.07, 6.45) is 1.79. The number of nitrogens with one attached hydrogen (secondary N) is 1. The monoisotopic (exact) mass is 284 g/mol. The number of hydrogen-bond donors (Lipinski definition) is 1. The van der Waals surface area contributed by atoms with Gasteiger partial charge in [-0.1, -0.05) is 29.8 Å². The van der Waals surface area contributed by atoms with Gasteiger partial charge in [0.05, 0.1) is 11.1 Å². The average Bonchev–Trinajstić information content (AvgIpc) is 2.90. The van der Waals surface area contributed by atoms with Crippen LogP contribution in [0.5, 0.6) is 0 Å². The molecular formula is C16H13ClN2O. The second kappa shape index (κ2) is 5.02. The van der Waals surface area contributed by atoms with Gasteiger partial charge in [0.25, 0.3) is 5.91 Å². The quantitative estimate of drug-likeness (QED) is 0.771. The molecule has 2 aromatic carbocycles. The molecule has 100 valence electrons. The molecule has 3 nitrogen and oxygen atoms in total. The molecule has 4 heteroatoms. The topological polar surface area (TPSA) is 34.0 Å². The molecule has 0 spiro atoms. The summed E-state index contributed by atoms with van der Waals surface area (Å²) in [5.74, 6) is -0.0990. The van der Waals surface area contributed by atoms with Crippen LogP contribution in [0.4, 0.5) is 5.69 Å². The summed E-state index contributed by atoms with van der Waals surface area (Å²) in [6.45, 7) is 0. The third-order valence-corrected chi connectivity index (χ3v) is 3.53. The molecule has 0 amide bonds. The SMILES string of the molecule is CNc1ccc(Cl)cc1C(=O)n1ccc2ccccc21. The van der Waals surface area contributed by atoms with Crippen molar-refractivity contribution in [2.24, 2.45) is 0 Å². The Kier molecular flexibility index (Phi) is 3.20. The minimum Gasteiger partial charge on any atom is -0.387 e. The van der Waals surface area contributed by atoms with Crippen LogP contribution >= 0.6 is 11.6 Å². The molecule has 0 unspecified atom stereocenters. The fourth-order valence-corrected chi connectivity index (χ4v) is 2.47. The molecular weight excluding hydrogens is 272 g/mol. The van der Waals surface area contributed by atoms with Gasteiger partial charge >= 0.3 is 0 Å². The Labute approximate surface area is 121 Å². The van der Waals surface area contributed by atoms with Gasteiger partial charge in [-0.3, -0.25) is 9.36 Å². The zero-order chi connectivity index (χ0) is 14.1. The van der Waals surface area contributed by atoms with Crippen molar-refractivity contribution in [2.75, 3.05) is 12.4 Å². The van der Waals surface area contributed by atoms with Gasteiger partial charge in [0.15, 0.2) is 0 Å². The van der Waals surface area contributed by atoms with Gasteiger partial charge in [-0.25, -0.2) is 0 Å². The molecule has 0 aliphatic carbocycles. The number of halogens is 1. The van der Waals surface area contributed by atoms with Gasteiger partial charge in [-0.05, 0) is 30.3 Å². The van der Waals surface area contributed by atoms with Crippen LogP contribution in [0, 0.1) is 0 Å². The zero-order valence-corrected chi connectivity index (χ0v) is 11.7. The van der Waals surface area contributed by atoms with Gasteiger partial charge < -0.3 is 5.32 Å². The Hall–Kier alpha value is -2.26. The highest BCUT2D eigenvalue weighted by atomic mass is 35.5. The molecule has 1 aromatic heterocycles. The lowest BCUT2D eigenvalue weighted by Crippen LogP contribution is -2.12. The maximum atomic E-state index is 12.7. The molecule has 0 atom stereocenters. The minimum absolute atomic E-state index is 0.0990. The van der Waals surface area contributed by atoms with Crippen molar-refractivity contribution < 1.29 is 4.79 Å². The van der Waals surface area contributed by atoms with E-state index < -0.39 is 0 Å². The first kappa shape index (κ1) is 12.8. The first-order valence-corrected chi connectivity index (χ1v) is 6.66. The van der Waals surface area contributed by atoms with E-state index >= 15 is 0 Å². The Morgan fingerprint density at radius 2 is 1.95 bits per heavy atom. The summed E-state index contributed by atoms with van der Waals surface area (Å²) >= 11 is 6.01. The van der Waals surface area contributed by atoms with E-state index in [1.807, 2.05) is 30.3 Å². The highest BCUT2D eigenvalue weighted by molar-refractivity contribution is 6.31. The van der Waals surface area contributed by atoms with Gasteiger partial charge in [-0.2, -0.15) is 0 Å². The third kappa shape index (κ3) is 2.06. The van der Waals surface area contributed by atoms with Gasteiger partial charge in [0.1, 0.15) is 0 Å². The van der Waals surface area contributed by atoms with Crippen molar-refractivity contribution in [2.45, 2.75) is 0 Å². The number of benzene rings is 2.